The highest BCUT2D eigenvalue weighted by Gasteiger charge is 2.66. The summed E-state index contributed by atoms with van der Waals surface area (Å²) < 4.78 is 0. The lowest BCUT2D eigenvalue weighted by Gasteiger charge is -2.40. The van der Waals surface area contributed by atoms with Crippen LogP contribution in [0, 0.1) is 35.5 Å². The van der Waals surface area contributed by atoms with Gasteiger partial charge >= 0.3 is 0 Å². The molecule has 3 rings (SSSR count). The topological polar surface area (TPSA) is 26.0 Å². The van der Waals surface area contributed by atoms with Crippen molar-refractivity contribution in [2.75, 3.05) is 0 Å². The van der Waals surface area contributed by atoms with E-state index >= 15 is 0 Å². The molecule has 3 saturated carbocycles. The third kappa shape index (κ3) is 0.856. The van der Waals surface area contributed by atoms with Crippen LogP contribution in [0.1, 0.15) is 40.0 Å². The summed E-state index contributed by atoms with van der Waals surface area (Å²) in [6.45, 7) is 7.23. The first-order valence-corrected chi connectivity index (χ1v) is 6.35. The molecule has 7 atom stereocenters. The summed E-state index contributed by atoms with van der Waals surface area (Å²) in [6.07, 6.45) is 4.25. The average molecular weight is 193 g/mol. The van der Waals surface area contributed by atoms with Crippen LogP contribution in [0.15, 0.2) is 0 Å². The van der Waals surface area contributed by atoms with Gasteiger partial charge < -0.3 is 5.73 Å². The van der Waals surface area contributed by atoms with E-state index in [0.29, 0.717) is 0 Å². The van der Waals surface area contributed by atoms with Crippen LogP contribution in [0.2, 0.25) is 0 Å². The van der Waals surface area contributed by atoms with Gasteiger partial charge in [0.2, 0.25) is 0 Å². The second kappa shape index (κ2) is 2.55. The predicted molar refractivity (Wildman–Crippen MR) is 58.7 cm³/mol. The average Bonchev–Trinajstić information content (AvgIpc) is 2.72. The van der Waals surface area contributed by atoms with Crippen molar-refractivity contribution in [1.29, 1.82) is 0 Å². The summed E-state index contributed by atoms with van der Waals surface area (Å²) in [7, 11) is 0. The second-order valence-corrected chi connectivity index (χ2v) is 6.35. The Morgan fingerprint density at radius 1 is 1.14 bits per heavy atom. The standard InChI is InChI=1S/C13H23N/c1-7-6-8(2)13(14)11(7)5-4-10-9(3)12(10)13/h7-12H,4-6,14H2,1-3H3/t7-,8+,9+,10?,11?,12?,13?/m1/s1. The van der Waals surface area contributed by atoms with Crippen LogP contribution in [-0.4, -0.2) is 5.54 Å². The van der Waals surface area contributed by atoms with Gasteiger partial charge in [-0.1, -0.05) is 20.8 Å². The van der Waals surface area contributed by atoms with Gasteiger partial charge in [-0.15, -0.1) is 0 Å². The molecule has 1 nitrogen and oxygen atoms in total. The monoisotopic (exact) mass is 193 g/mol. The molecule has 0 aromatic rings. The molecule has 80 valence electrons. The largest absolute Gasteiger partial charge is 0.324 e. The maximum absolute atomic E-state index is 6.77. The summed E-state index contributed by atoms with van der Waals surface area (Å²) in [4.78, 5) is 0. The number of hydrogen-bond acceptors (Lipinski definition) is 1. The van der Waals surface area contributed by atoms with Gasteiger partial charge in [0.1, 0.15) is 0 Å². The van der Waals surface area contributed by atoms with Gasteiger partial charge in [-0.25, -0.2) is 0 Å². The fourth-order valence-electron chi connectivity index (χ4n) is 5.08. The van der Waals surface area contributed by atoms with Crippen molar-refractivity contribution >= 4 is 0 Å². The minimum Gasteiger partial charge on any atom is -0.324 e. The molecule has 0 amide bonds. The van der Waals surface area contributed by atoms with Crippen LogP contribution in [0.3, 0.4) is 0 Å². The third-order valence-electron chi connectivity index (χ3n) is 5.86. The number of fused-ring (bicyclic) bond motifs is 3. The Labute approximate surface area is 87.4 Å². The highest BCUT2D eigenvalue weighted by molar-refractivity contribution is 5.19. The first-order chi connectivity index (χ1) is 6.56. The second-order valence-electron chi connectivity index (χ2n) is 6.35. The minimum atomic E-state index is 0.224. The van der Waals surface area contributed by atoms with E-state index in [9.17, 15) is 0 Å². The van der Waals surface area contributed by atoms with Crippen LogP contribution in [0.25, 0.3) is 0 Å². The molecule has 2 N–H and O–H groups in total. The quantitative estimate of drug-likeness (QED) is 0.629. The molecule has 0 aromatic carbocycles. The molecule has 0 aliphatic heterocycles. The highest BCUT2D eigenvalue weighted by Crippen LogP contribution is 2.66. The van der Waals surface area contributed by atoms with Crippen molar-refractivity contribution in [3.8, 4) is 0 Å². The molecule has 3 aliphatic rings. The fraction of sp³-hybridized carbons (Fsp3) is 1.00. The molecule has 4 unspecified atom stereocenters. The molecule has 0 aromatic heterocycles. The van der Waals surface area contributed by atoms with Gasteiger partial charge in [0.25, 0.3) is 0 Å². The van der Waals surface area contributed by atoms with E-state index < -0.39 is 0 Å². The molecule has 14 heavy (non-hydrogen) atoms. The molecule has 0 bridgehead atoms. The Bertz CT molecular complexity index is 262. The van der Waals surface area contributed by atoms with Crippen molar-refractivity contribution in [3.05, 3.63) is 0 Å². The first-order valence-electron chi connectivity index (χ1n) is 6.35. The van der Waals surface area contributed by atoms with Gasteiger partial charge in [0.15, 0.2) is 0 Å². The molecular weight excluding hydrogens is 170 g/mol. The Balaban J connectivity index is 1.96. The predicted octanol–water partition coefficient (Wildman–Crippen LogP) is 2.65. The lowest BCUT2D eigenvalue weighted by atomic mass is 9.70. The van der Waals surface area contributed by atoms with Gasteiger partial charge in [-0.3, -0.25) is 0 Å². The summed E-state index contributed by atoms with van der Waals surface area (Å²) in [5.74, 6) is 5.27. The molecular formula is C13H23N. The molecule has 3 fully saturated rings. The first kappa shape index (κ1) is 9.21. The van der Waals surface area contributed by atoms with Crippen LogP contribution < -0.4 is 5.73 Å². The van der Waals surface area contributed by atoms with Crippen molar-refractivity contribution in [3.63, 3.8) is 0 Å². The Hall–Kier alpha value is -0.0400. The van der Waals surface area contributed by atoms with Crippen LogP contribution in [0.5, 0.6) is 0 Å². The van der Waals surface area contributed by atoms with E-state index in [2.05, 4.69) is 20.8 Å². The number of hydrogen-bond donors (Lipinski definition) is 1. The summed E-state index contributed by atoms with van der Waals surface area (Å²) in [5.41, 5.74) is 7.00. The zero-order valence-corrected chi connectivity index (χ0v) is 9.66. The van der Waals surface area contributed by atoms with Crippen LogP contribution in [-0.2, 0) is 0 Å². The normalized spacial score (nSPS) is 66.0. The Morgan fingerprint density at radius 3 is 2.57 bits per heavy atom. The molecule has 0 heterocycles. The Morgan fingerprint density at radius 2 is 1.86 bits per heavy atom. The molecule has 0 radical (unpaired) electrons. The fourth-order valence-corrected chi connectivity index (χ4v) is 5.08. The van der Waals surface area contributed by atoms with Gasteiger partial charge in [-0.05, 0) is 54.8 Å². The zero-order chi connectivity index (χ0) is 10.1. The smallest absolute Gasteiger partial charge is 0.0245 e. The van der Waals surface area contributed by atoms with Crippen molar-refractivity contribution in [2.24, 2.45) is 41.2 Å². The SMILES string of the molecule is C[C@H]1C2CCC3[C@H](C)C[C@H](C)C3(N)C21. The summed E-state index contributed by atoms with van der Waals surface area (Å²) >= 11 is 0. The summed E-state index contributed by atoms with van der Waals surface area (Å²) in [5, 5.41) is 0. The van der Waals surface area contributed by atoms with E-state index in [0.717, 1.165) is 35.5 Å². The van der Waals surface area contributed by atoms with E-state index in [4.69, 9.17) is 5.73 Å². The Kier molecular flexibility index (Phi) is 1.68. The highest BCUT2D eigenvalue weighted by atomic mass is 14.9. The van der Waals surface area contributed by atoms with Crippen molar-refractivity contribution in [2.45, 2.75) is 45.6 Å². The molecule has 3 aliphatic carbocycles. The zero-order valence-electron chi connectivity index (χ0n) is 9.66. The van der Waals surface area contributed by atoms with Crippen LogP contribution >= 0.6 is 0 Å². The van der Waals surface area contributed by atoms with E-state index in [-0.39, 0.29) is 5.54 Å². The third-order valence-corrected chi connectivity index (χ3v) is 5.86. The molecule has 0 spiro atoms. The maximum Gasteiger partial charge on any atom is 0.0245 e. The maximum atomic E-state index is 6.77. The number of nitrogens with two attached hydrogens (primary N) is 1. The van der Waals surface area contributed by atoms with Crippen LogP contribution in [0.4, 0.5) is 0 Å². The van der Waals surface area contributed by atoms with E-state index in [1.54, 1.807) is 0 Å². The summed E-state index contributed by atoms with van der Waals surface area (Å²) in [6, 6.07) is 0. The van der Waals surface area contributed by atoms with E-state index in [1.807, 2.05) is 0 Å². The lowest BCUT2D eigenvalue weighted by Crippen LogP contribution is -2.53. The van der Waals surface area contributed by atoms with E-state index in [1.165, 1.54) is 19.3 Å². The molecule has 1 heteroatoms. The minimum absolute atomic E-state index is 0.224. The lowest BCUT2D eigenvalue weighted by molar-refractivity contribution is 0.149. The van der Waals surface area contributed by atoms with Crippen molar-refractivity contribution in [1.82, 2.24) is 0 Å². The van der Waals surface area contributed by atoms with Gasteiger partial charge in [0, 0.05) is 5.54 Å². The number of rotatable bonds is 0. The van der Waals surface area contributed by atoms with Crippen molar-refractivity contribution < 1.29 is 0 Å². The van der Waals surface area contributed by atoms with Gasteiger partial charge in [0.05, 0.1) is 0 Å². The van der Waals surface area contributed by atoms with Gasteiger partial charge in [-0.2, -0.15) is 0 Å². The molecule has 0 saturated heterocycles.